The topological polar surface area (TPSA) is 67.6 Å². The van der Waals surface area contributed by atoms with Gasteiger partial charge >= 0.3 is 0 Å². The van der Waals surface area contributed by atoms with Crippen LogP contribution in [0, 0.1) is 6.92 Å². The molecule has 0 spiro atoms. The zero-order valence-electron chi connectivity index (χ0n) is 17.4. The highest BCUT2D eigenvalue weighted by atomic mass is 35.5. The van der Waals surface area contributed by atoms with Crippen LogP contribution in [0.4, 0.5) is 5.82 Å². The van der Waals surface area contributed by atoms with Gasteiger partial charge in [0.1, 0.15) is 15.9 Å². The van der Waals surface area contributed by atoms with Gasteiger partial charge in [0.15, 0.2) is 5.82 Å². The Morgan fingerprint density at radius 3 is 2.16 bits per heavy atom. The number of aromatic nitrogens is 2. The monoisotopic (exact) mass is 452 g/mol. The van der Waals surface area contributed by atoms with E-state index in [9.17, 15) is 9.59 Å². The molecule has 0 saturated heterocycles. The molecule has 4 rings (SSSR count). The molecule has 0 fully saturated rings. The molecule has 0 radical (unpaired) electrons. The van der Waals surface area contributed by atoms with Gasteiger partial charge in [0.2, 0.25) is 11.8 Å². The average molecular weight is 453 g/mol. The Morgan fingerprint density at radius 2 is 1.55 bits per heavy atom. The van der Waals surface area contributed by atoms with Gasteiger partial charge in [0, 0.05) is 29.0 Å². The van der Waals surface area contributed by atoms with Gasteiger partial charge in [-0.2, -0.15) is 10.1 Å². The number of anilines is 1. The first kappa shape index (κ1) is 21.3. The first-order chi connectivity index (χ1) is 14.9. The van der Waals surface area contributed by atoms with Crippen molar-refractivity contribution >= 4 is 46.0 Å². The fourth-order valence-electron chi connectivity index (χ4n) is 3.19. The number of nitrogens with zero attached hydrogens (tertiary/aromatic N) is 4. The van der Waals surface area contributed by atoms with Crippen LogP contribution in [-0.2, 0) is 4.79 Å². The maximum atomic E-state index is 13.0. The zero-order chi connectivity index (χ0) is 22.1. The summed E-state index contributed by atoms with van der Waals surface area (Å²) in [4.78, 5) is 30.4. The van der Waals surface area contributed by atoms with E-state index in [0.717, 1.165) is 16.7 Å². The lowest BCUT2D eigenvalue weighted by molar-refractivity contribution is -0.118. The number of carbonyl (C=O) groups excluding carboxylic acids is 2. The second-order valence-corrected chi connectivity index (χ2v) is 8.50. The molecule has 2 heterocycles. The number of amides is 1. The Labute approximate surface area is 189 Å². The van der Waals surface area contributed by atoms with Gasteiger partial charge in [-0.05, 0) is 43.0 Å². The van der Waals surface area contributed by atoms with Crippen molar-refractivity contribution in [2.45, 2.75) is 38.6 Å². The Bertz CT molecular complexity index is 1180. The normalized spacial score (nSPS) is 13.0. The SMILES string of the molecule is CCC(=O)N1N=C(c2ccc(C)cc2)Sc2c1nc(-c1ccc(Cl)cc1)n2C(=O)CC. The number of benzene rings is 2. The molecule has 1 aromatic heterocycles. The maximum absolute atomic E-state index is 13.0. The van der Waals surface area contributed by atoms with Crippen molar-refractivity contribution in [2.75, 3.05) is 5.01 Å². The first-order valence-corrected chi connectivity index (χ1v) is 11.2. The number of thioether (sulfide) groups is 1. The minimum Gasteiger partial charge on any atom is -0.274 e. The lowest BCUT2D eigenvalue weighted by Gasteiger charge is -2.22. The zero-order valence-corrected chi connectivity index (χ0v) is 19.0. The van der Waals surface area contributed by atoms with Crippen molar-refractivity contribution in [2.24, 2.45) is 5.10 Å². The summed E-state index contributed by atoms with van der Waals surface area (Å²) < 4.78 is 1.59. The number of hydrazone groups is 1. The number of hydrogen-bond acceptors (Lipinski definition) is 5. The highest BCUT2D eigenvalue weighted by molar-refractivity contribution is 8.14. The molecule has 158 valence electrons. The summed E-state index contributed by atoms with van der Waals surface area (Å²) in [5.74, 6) is 0.539. The van der Waals surface area contributed by atoms with Crippen LogP contribution in [0.15, 0.2) is 58.7 Å². The quantitative estimate of drug-likeness (QED) is 0.503. The van der Waals surface area contributed by atoms with Gasteiger partial charge in [-0.3, -0.25) is 14.2 Å². The molecular weight excluding hydrogens is 432 g/mol. The summed E-state index contributed by atoms with van der Waals surface area (Å²) in [6.07, 6.45) is 0.558. The number of fused-ring (bicyclic) bond motifs is 1. The van der Waals surface area contributed by atoms with Gasteiger partial charge in [-0.1, -0.05) is 55.3 Å². The number of carbonyl (C=O) groups is 2. The Hall–Kier alpha value is -2.90. The summed E-state index contributed by atoms with van der Waals surface area (Å²) >= 11 is 7.39. The second kappa shape index (κ2) is 8.69. The smallest absolute Gasteiger partial charge is 0.248 e. The van der Waals surface area contributed by atoms with Crippen molar-refractivity contribution in [3.8, 4) is 11.4 Å². The van der Waals surface area contributed by atoms with Crippen molar-refractivity contribution in [3.63, 3.8) is 0 Å². The van der Waals surface area contributed by atoms with Crippen LogP contribution in [-0.4, -0.2) is 26.4 Å². The third-order valence-electron chi connectivity index (χ3n) is 4.89. The van der Waals surface area contributed by atoms with E-state index in [1.807, 2.05) is 43.3 Å². The molecule has 0 saturated carbocycles. The number of rotatable bonds is 4. The summed E-state index contributed by atoms with van der Waals surface area (Å²) in [6, 6.07) is 15.0. The van der Waals surface area contributed by atoms with Crippen LogP contribution in [0.25, 0.3) is 11.4 Å². The van der Waals surface area contributed by atoms with Crippen molar-refractivity contribution in [1.29, 1.82) is 0 Å². The van der Waals surface area contributed by atoms with E-state index in [4.69, 9.17) is 11.6 Å². The average Bonchev–Trinajstić information content (AvgIpc) is 3.17. The summed E-state index contributed by atoms with van der Waals surface area (Å²) in [5.41, 5.74) is 2.74. The molecule has 31 heavy (non-hydrogen) atoms. The van der Waals surface area contributed by atoms with Gasteiger partial charge in [0.25, 0.3) is 0 Å². The third-order valence-corrected chi connectivity index (χ3v) is 6.22. The highest BCUT2D eigenvalue weighted by Crippen LogP contribution is 2.41. The van der Waals surface area contributed by atoms with Crippen molar-refractivity contribution < 1.29 is 9.59 Å². The fraction of sp³-hybridized carbons (Fsp3) is 0.217. The molecule has 0 bridgehead atoms. The molecule has 0 aliphatic carbocycles. The van der Waals surface area contributed by atoms with Crippen LogP contribution in [0.1, 0.15) is 42.6 Å². The Kier molecular flexibility index (Phi) is 5.98. The molecule has 8 heteroatoms. The highest BCUT2D eigenvalue weighted by Gasteiger charge is 2.33. The van der Waals surface area contributed by atoms with E-state index in [0.29, 0.717) is 33.2 Å². The van der Waals surface area contributed by atoms with Gasteiger partial charge in [-0.25, -0.2) is 4.98 Å². The van der Waals surface area contributed by atoms with Gasteiger partial charge in [0.05, 0.1) is 0 Å². The molecular formula is C23H21ClN4O2S. The Morgan fingerprint density at radius 1 is 0.935 bits per heavy atom. The van der Waals surface area contributed by atoms with Crippen molar-refractivity contribution in [3.05, 3.63) is 64.7 Å². The molecule has 1 amide bonds. The van der Waals surface area contributed by atoms with Crippen LogP contribution >= 0.6 is 23.4 Å². The molecule has 0 N–H and O–H groups in total. The largest absolute Gasteiger partial charge is 0.274 e. The summed E-state index contributed by atoms with van der Waals surface area (Å²) in [5, 5.41) is 7.74. The number of halogens is 1. The van der Waals surface area contributed by atoms with E-state index in [1.54, 1.807) is 30.5 Å². The van der Waals surface area contributed by atoms with Gasteiger partial charge < -0.3 is 0 Å². The lowest BCUT2D eigenvalue weighted by atomic mass is 10.2. The van der Waals surface area contributed by atoms with Crippen molar-refractivity contribution in [1.82, 2.24) is 9.55 Å². The number of imidazole rings is 1. The molecule has 3 aromatic rings. The predicted molar refractivity (Wildman–Crippen MR) is 125 cm³/mol. The predicted octanol–water partition coefficient (Wildman–Crippen LogP) is 5.77. The standard InChI is InChI=1S/C23H21ClN4O2S/c1-4-18(29)27-20(15-10-12-17(24)13-11-15)25-21-23(27)31-22(26-28(21)19(30)5-2)16-8-6-14(3)7-9-16/h6-13H,4-5H2,1-3H3. The number of hydrogen-bond donors (Lipinski definition) is 0. The van der Waals surface area contributed by atoms with E-state index < -0.39 is 0 Å². The lowest BCUT2D eigenvalue weighted by Crippen LogP contribution is -2.29. The molecule has 1 aliphatic rings. The van der Waals surface area contributed by atoms with E-state index in [-0.39, 0.29) is 18.2 Å². The summed E-state index contributed by atoms with van der Waals surface area (Å²) in [7, 11) is 0. The molecule has 0 atom stereocenters. The van der Waals surface area contributed by atoms with E-state index >= 15 is 0 Å². The fourth-order valence-corrected chi connectivity index (χ4v) is 4.38. The molecule has 0 unspecified atom stereocenters. The Balaban J connectivity index is 1.91. The van der Waals surface area contributed by atoms with Crippen LogP contribution < -0.4 is 5.01 Å². The van der Waals surface area contributed by atoms with Crippen LogP contribution in [0.5, 0.6) is 0 Å². The summed E-state index contributed by atoms with van der Waals surface area (Å²) in [6.45, 7) is 5.59. The first-order valence-electron chi connectivity index (χ1n) is 10.0. The van der Waals surface area contributed by atoms with Crippen LogP contribution in [0.2, 0.25) is 5.02 Å². The minimum absolute atomic E-state index is 0.111. The molecule has 1 aliphatic heterocycles. The van der Waals surface area contributed by atoms with Crippen LogP contribution in [0.3, 0.4) is 0 Å². The third kappa shape index (κ3) is 4.03. The maximum Gasteiger partial charge on any atom is 0.248 e. The van der Waals surface area contributed by atoms with E-state index in [1.165, 1.54) is 16.8 Å². The molecule has 6 nitrogen and oxygen atoms in total. The molecule has 2 aromatic carbocycles. The minimum atomic E-state index is -0.192. The van der Waals surface area contributed by atoms with E-state index in [2.05, 4.69) is 10.1 Å². The number of aryl methyl sites for hydroxylation is 1. The second-order valence-electron chi connectivity index (χ2n) is 7.09. The van der Waals surface area contributed by atoms with Gasteiger partial charge in [-0.15, -0.1) is 0 Å².